The minimum Gasteiger partial charge on any atom is -0.507 e. The Kier molecular flexibility index (Phi) is 3.60. The van der Waals surface area contributed by atoms with Gasteiger partial charge in [-0.25, -0.2) is 4.39 Å². The van der Waals surface area contributed by atoms with Gasteiger partial charge in [-0.3, -0.25) is 9.69 Å². The molecule has 0 atom stereocenters. The first-order valence-corrected chi connectivity index (χ1v) is 6.88. The molecule has 2 N–H and O–H groups in total. The van der Waals surface area contributed by atoms with Crippen molar-refractivity contribution in [3.8, 4) is 5.75 Å². The number of hydrogen-bond acceptors (Lipinski definition) is 3. The highest BCUT2D eigenvalue weighted by Gasteiger charge is 2.32. The number of rotatable bonds is 2. The third-order valence-corrected chi connectivity index (χ3v) is 3.48. The molecular weight excluding hydrogens is 303 g/mol. The molecule has 1 aliphatic rings. The fourth-order valence-electron chi connectivity index (χ4n) is 2.12. The molecule has 110 valence electrons. The molecule has 22 heavy (non-hydrogen) atoms. The Morgan fingerprint density at radius 1 is 1.14 bits per heavy atom. The van der Waals surface area contributed by atoms with Crippen molar-refractivity contribution in [2.45, 2.75) is 0 Å². The molecule has 6 heteroatoms. The second-order valence-electron chi connectivity index (χ2n) is 4.66. The van der Waals surface area contributed by atoms with Crippen LogP contribution in [0.3, 0.4) is 0 Å². The Morgan fingerprint density at radius 2 is 1.82 bits per heavy atom. The number of anilines is 1. The number of carbonyl (C=O) groups excluding carboxylic acids is 1. The zero-order chi connectivity index (χ0) is 15.7. The third-order valence-electron chi connectivity index (χ3n) is 3.20. The summed E-state index contributed by atoms with van der Waals surface area (Å²) in [6.45, 7) is 0. The molecule has 1 fully saturated rings. The Morgan fingerprint density at radius 3 is 2.50 bits per heavy atom. The number of phenolic OH excluding ortho intramolecular Hbond substituents is 1. The van der Waals surface area contributed by atoms with E-state index in [1.165, 1.54) is 41.3 Å². The number of nitrogens with one attached hydrogen (secondary N) is 1. The van der Waals surface area contributed by atoms with Gasteiger partial charge in [-0.15, -0.1) is 0 Å². The molecule has 0 aromatic heterocycles. The van der Waals surface area contributed by atoms with Gasteiger partial charge in [0, 0.05) is 5.56 Å². The Bertz CT molecular complexity index is 787. The van der Waals surface area contributed by atoms with Crippen LogP contribution in [0.5, 0.6) is 5.75 Å². The molecule has 4 nitrogen and oxygen atoms in total. The number of thiocarbonyl (C=S) groups is 1. The summed E-state index contributed by atoms with van der Waals surface area (Å²) in [4.78, 5) is 13.7. The topological polar surface area (TPSA) is 52.6 Å². The maximum atomic E-state index is 13.0. The molecule has 0 spiro atoms. The van der Waals surface area contributed by atoms with E-state index in [0.717, 1.165) is 0 Å². The van der Waals surface area contributed by atoms with Crippen LogP contribution in [-0.2, 0) is 4.79 Å². The van der Waals surface area contributed by atoms with Crippen LogP contribution in [0.1, 0.15) is 5.56 Å². The van der Waals surface area contributed by atoms with Crippen molar-refractivity contribution in [2.75, 3.05) is 4.90 Å². The lowest BCUT2D eigenvalue weighted by Crippen LogP contribution is -2.30. The SMILES string of the molecule is O=C1/C(=C/c2ccccc2O)NC(=S)N1c1ccc(F)cc1. The van der Waals surface area contributed by atoms with Gasteiger partial charge in [-0.2, -0.15) is 0 Å². The summed E-state index contributed by atoms with van der Waals surface area (Å²) in [6.07, 6.45) is 1.52. The number of hydrogen-bond donors (Lipinski definition) is 2. The maximum Gasteiger partial charge on any atom is 0.281 e. The van der Waals surface area contributed by atoms with Gasteiger partial charge < -0.3 is 10.4 Å². The molecule has 1 saturated heterocycles. The summed E-state index contributed by atoms with van der Waals surface area (Å²) in [6, 6.07) is 12.1. The predicted octanol–water partition coefficient (Wildman–Crippen LogP) is 2.79. The number of halogens is 1. The van der Waals surface area contributed by atoms with Crippen LogP contribution < -0.4 is 10.2 Å². The normalized spacial score (nSPS) is 16.2. The monoisotopic (exact) mass is 314 g/mol. The molecule has 0 unspecified atom stereocenters. The minimum absolute atomic E-state index is 0.0655. The van der Waals surface area contributed by atoms with Gasteiger partial charge in [-0.1, -0.05) is 18.2 Å². The second-order valence-corrected chi connectivity index (χ2v) is 5.05. The largest absolute Gasteiger partial charge is 0.507 e. The van der Waals surface area contributed by atoms with Crippen molar-refractivity contribution in [3.05, 3.63) is 65.6 Å². The van der Waals surface area contributed by atoms with E-state index in [-0.39, 0.29) is 28.3 Å². The van der Waals surface area contributed by atoms with Crippen molar-refractivity contribution < 1.29 is 14.3 Å². The third kappa shape index (κ3) is 2.56. The van der Waals surface area contributed by atoms with Gasteiger partial charge >= 0.3 is 0 Å². The first kappa shape index (κ1) is 14.2. The molecule has 0 saturated carbocycles. The molecular formula is C16H11FN2O2S. The smallest absolute Gasteiger partial charge is 0.281 e. The van der Waals surface area contributed by atoms with Crippen LogP contribution in [0.25, 0.3) is 6.08 Å². The molecule has 0 bridgehead atoms. The quantitative estimate of drug-likeness (QED) is 0.661. The lowest BCUT2D eigenvalue weighted by molar-refractivity contribution is -0.113. The highest BCUT2D eigenvalue weighted by molar-refractivity contribution is 7.80. The van der Waals surface area contributed by atoms with Crippen LogP contribution >= 0.6 is 12.2 Å². The maximum absolute atomic E-state index is 13.0. The van der Waals surface area contributed by atoms with Gasteiger partial charge in [0.2, 0.25) is 0 Å². The Labute approximate surface area is 131 Å². The van der Waals surface area contributed by atoms with Gasteiger partial charge in [0.1, 0.15) is 17.3 Å². The summed E-state index contributed by atoms with van der Waals surface area (Å²) in [7, 11) is 0. The highest BCUT2D eigenvalue weighted by atomic mass is 32.1. The average molecular weight is 314 g/mol. The van der Waals surface area contributed by atoms with E-state index in [1.54, 1.807) is 18.2 Å². The van der Waals surface area contributed by atoms with E-state index in [0.29, 0.717) is 11.3 Å². The predicted molar refractivity (Wildman–Crippen MR) is 85.7 cm³/mol. The molecule has 0 radical (unpaired) electrons. The Balaban J connectivity index is 1.95. The summed E-state index contributed by atoms with van der Waals surface area (Å²) in [5.74, 6) is -0.685. The number of para-hydroxylation sites is 1. The van der Waals surface area contributed by atoms with Crippen LogP contribution in [0.4, 0.5) is 10.1 Å². The van der Waals surface area contributed by atoms with Crippen molar-refractivity contribution in [2.24, 2.45) is 0 Å². The summed E-state index contributed by atoms with van der Waals surface area (Å²) < 4.78 is 13.0. The first-order valence-electron chi connectivity index (χ1n) is 6.47. The van der Waals surface area contributed by atoms with E-state index >= 15 is 0 Å². The van der Waals surface area contributed by atoms with E-state index in [4.69, 9.17) is 12.2 Å². The zero-order valence-corrected chi connectivity index (χ0v) is 12.1. The minimum atomic E-state index is -0.390. The van der Waals surface area contributed by atoms with Crippen molar-refractivity contribution in [3.63, 3.8) is 0 Å². The Hall–Kier alpha value is -2.73. The van der Waals surface area contributed by atoms with Gasteiger partial charge in [0.25, 0.3) is 5.91 Å². The van der Waals surface area contributed by atoms with Gasteiger partial charge in [0.05, 0.1) is 5.69 Å². The van der Waals surface area contributed by atoms with E-state index in [1.807, 2.05) is 0 Å². The molecule has 0 aliphatic carbocycles. The fourth-order valence-corrected chi connectivity index (χ4v) is 2.42. The number of amides is 1. The van der Waals surface area contributed by atoms with Crippen LogP contribution in [0.2, 0.25) is 0 Å². The number of benzene rings is 2. The number of nitrogens with zero attached hydrogens (tertiary/aromatic N) is 1. The first-order chi connectivity index (χ1) is 10.6. The standard InChI is InChI=1S/C16H11FN2O2S/c17-11-5-7-12(8-6-11)19-15(21)13(18-16(19)22)9-10-3-1-2-4-14(10)20/h1-9,20H,(H,18,22)/b13-9-. The molecule has 3 rings (SSSR count). The molecule has 1 amide bonds. The highest BCUT2D eigenvalue weighted by Crippen LogP contribution is 2.24. The van der Waals surface area contributed by atoms with Crippen LogP contribution in [0.15, 0.2) is 54.2 Å². The lowest BCUT2D eigenvalue weighted by atomic mass is 10.1. The van der Waals surface area contributed by atoms with E-state index < -0.39 is 0 Å². The summed E-state index contributed by atoms with van der Waals surface area (Å²) in [5.41, 5.74) is 1.22. The van der Waals surface area contributed by atoms with E-state index in [9.17, 15) is 14.3 Å². The number of carbonyl (C=O) groups is 1. The summed E-state index contributed by atoms with van der Waals surface area (Å²) in [5, 5.41) is 12.8. The van der Waals surface area contributed by atoms with Crippen LogP contribution in [-0.4, -0.2) is 16.1 Å². The van der Waals surface area contributed by atoms with Crippen molar-refractivity contribution in [1.29, 1.82) is 0 Å². The van der Waals surface area contributed by atoms with Gasteiger partial charge in [0.15, 0.2) is 5.11 Å². The molecule has 1 aliphatic heterocycles. The van der Waals surface area contributed by atoms with Crippen LogP contribution in [0, 0.1) is 5.82 Å². The zero-order valence-electron chi connectivity index (χ0n) is 11.3. The molecule has 2 aromatic rings. The van der Waals surface area contributed by atoms with E-state index in [2.05, 4.69) is 5.32 Å². The molecule has 2 aromatic carbocycles. The second kappa shape index (κ2) is 5.57. The molecule has 1 heterocycles. The fraction of sp³-hybridized carbons (Fsp3) is 0. The van der Waals surface area contributed by atoms with Crippen molar-refractivity contribution in [1.82, 2.24) is 5.32 Å². The van der Waals surface area contributed by atoms with Gasteiger partial charge in [-0.05, 0) is 48.6 Å². The number of phenols is 1. The lowest BCUT2D eigenvalue weighted by Gasteiger charge is -2.13. The number of aromatic hydroxyl groups is 1. The summed E-state index contributed by atoms with van der Waals surface area (Å²) >= 11 is 5.16. The van der Waals surface area contributed by atoms with Crippen molar-refractivity contribution >= 4 is 35.0 Å². The average Bonchev–Trinajstić information content (AvgIpc) is 2.77.